The van der Waals surface area contributed by atoms with Crippen molar-refractivity contribution >= 4 is 5.97 Å². The van der Waals surface area contributed by atoms with E-state index in [1.165, 1.54) is 39.2 Å². The smallest absolute Gasteiger partial charge is 0.345 e. The van der Waals surface area contributed by atoms with Gasteiger partial charge in [-0.2, -0.15) is 0 Å². The number of hydrogen-bond donors (Lipinski definition) is 2. The van der Waals surface area contributed by atoms with Crippen LogP contribution in [0, 0.1) is 29.6 Å². The summed E-state index contributed by atoms with van der Waals surface area (Å²) in [7, 11) is 1.49. The highest BCUT2D eigenvalue weighted by atomic mass is 16.6. The van der Waals surface area contributed by atoms with Crippen molar-refractivity contribution in [1.82, 2.24) is 4.90 Å². The molecule has 1 saturated carbocycles. The molecule has 218 valence electrons. The molecule has 4 fully saturated rings. The highest BCUT2D eigenvalue weighted by Gasteiger charge is 2.58. The van der Waals surface area contributed by atoms with Crippen molar-refractivity contribution in [2.75, 3.05) is 13.7 Å². The van der Waals surface area contributed by atoms with E-state index in [0.717, 1.165) is 62.5 Å². The molecule has 5 heterocycles. The maximum atomic E-state index is 12.6. The standard InChI is InChI=1S/C33H45NO6/c1-19-28-25-11-6-12-27-33(37,22-10-5-9-21(17-22)20-7-3-4-8-20)16-15-23(34(25)27)13-14-26(28)39-29(19)31-30(38-2)24(18-35)32(36)40-31/h5,10,14,19-23,25,27-28,35,37H,3-4,6-9,11-13,15-18H2,1-2H3/t19-,21+,22+,23+,25-,27-,28+,33-/m0/s1. The lowest BCUT2D eigenvalue weighted by atomic mass is 9.63. The van der Waals surface area contributed by atoms with Gasteiger partial charge in [0.2, 0.25) is 5.76 Å². The fourth-order valence-corrected chi connectivity index (χ4v) is 9.78. The van der Waals surface area contributed by atoms with Gasteiger partial charge >= 0.3 is 5.97 Å². The predicted octanol–water partition coefficient (Wildman–Crippen LogP) is 5.11. The van der Waals surface area contributed by atoms with E-state index in [2.05, 4.69) is 30.1 Å². The first-order valence-electron chi connectivity index (χ1n) is 15.8. The predicted molar refractivity (Wildman–Crippen MR) is 149 cm³/mol. The molecule has 0 aromatic rings. The first kappa shape index (κ1) is 26.8. The molecule has 8 atom stereocenters. The summed E-state index contributed by atoms with van der Waals surface area (Å²) in [5.74, 6) is 3.48. The summed E-state index contributed by atoms with van der Waals surface area (Å²) in [6, 6.07) is 0.830. The highest BCUT2D eigenvalue weighted by Crippen LogP contribution is 2.55. The van der Waals surface area contributed by atoms with E-state index in [-0.39, 0.29) is 41.2 Å². The maximum absolute atomic E-state index is 12.6. The number of carbonyl (C=O) groups is 1. The van der Waals surface area contributed by atoms with E-state index < -0.39 is 18.2 Å². The minimum absolute atomic E-state index is 0.0175. The molecular formula is C33H45NO6. The molecule has 0 unspecified atom stereocenters. The number of hydrogen-bond acceptors (Lipinski definition) is 7. The number of aliphatic hydroxyl groups is 2. The van der Waals surface area contributed by atoms with Gasteiger partial charge in [0.25, 0.3) is 0 Å². The molecule has 0 amide bonds. The first-order valence-corrected chi connectivity index (χ1v) is 15.8. The number of methoxy groups -OCH3 is 1. The van der Waals surface area contributed by atoms with Gasteiger partial charge in [-0.3, -0.25) is 4.90 Å². The van der Waals surface area contributed by atoms with E-state index in [0.29, 0.717) is 17.6 Å². The SMILES string of the molecule is COC1=C(CO)C(=O)OC1=C1OC2=CC[C@@H]3CC[C@](O)([C@@H]4C=CC[C@@H](C5CCCC5)C4)[C@@H]4CCC[C@@H]([C@H]2[C@@H]1C)N34. The van der Waals surface area contributed by atoms with Gasteiger partial charge in [0.1, 0.15) is 11.3 Å². The Balaban J connectivity index is 1.19. The van der Waals surface area contributed by atoms with Crippen LogP contribution in [0.5, 0.6) is 0 Å². The molecule has 0 aromatic carbocycles. The highest BCUT2D eigenvalue weighted by molar-refractivity contribution is 5.94. The lowest BCUT2D eigenvalue weighted by molar-refractivity contribution is -0.161. The lowest BCUT2D eigenvalue weighted by Crippen LogP contribution is -2.68. The molecule has 0 aromatic heterocycles. The molecule has 2 aliphatic carbocycles. The van der Waals surface area contributed by atoms with Gasteiger partial charge in [-0.25, -0.2) is 4.79 Å². The second-order valence-corrected chi connectivity index (χ2v) is 13.5. The van der Waals surface area contributed by atoms with Gasteiger partial charge < -0.3 is 24.4 Å². The molecule has 0 bridgehead atoms. The van der Waals surface area contributed by atoms with Gasteiger partial charge in [-0.1, -0.05) is 51.2 Å². The van der Waals surface area contributed by atoms with E-state index >= 15 is 0 Å². The van der Waals surface area contributed by atoms with E-state index in [1.807, 2.05) is 0 Å². The van der Waals surface area contributed by atoms with E-state index in [1.54, 1.807) is 0 Å². The van der Waals surface area contributed by atoms with E-state index in [9.17, 15) is 15.0 Å². The summed E-state index contributed by atoms with van der Waals surface area (Å²) >= 11 is 0. The van der Waals surface area contributed by atoms with Crippen LogP contribution in [0.4, 0.5) is 0 Å². The summed E-state index contributed by atoms with van der Waals surface area (Å²) in [6.07, 6.45) is 20.8. The van der Waals surface area contributed by atoms with Crippen molar-refractivity contribution in [2.24, 2.45) is 29.6 Å². The van der Waals surface area contributed by atoms with Crippen molar-refractivity contribution in [1.29, 1.82) is 0 Å². The Hall–Kier alpha value is -2.09. The van der Waals surface area contributed by atoms with Crippen molar-refractivity contribution in [2.45, 2.75) is 108 Å². The van der Waals surface area contributed by atoms with Gasteiger partial charge in [0.15, 0.2) is 11.5 Å². The molecule has 2 N–H and O–H groups in total. The molecular weight excluding hydrogens is 506 g/mol. The van der Waals surface area contributed by atoms with Crippen LogP contribution in [0.3, 0.4) is 0 Å². The summed E-state index contributed by atoms with van der Waals surface area (Å²) < 4.78 is 17.6. The van der Waals surface area contributed by atoms with Gasteiger partial charge in [-0.05, 0) is 62.9 Å². The minimum atomic E-state index is -0.694. The van der Waals surface area contributed by atoms with Crippen molar-refractivity contribution in [3.8, 4) is 0 Å². The molecule has 3 saturated heterocycles. The number of rotatable bonds is 4. The van der Waals surface area contributed by atoms with Crippen LogP contribution in [0.2, 0.25) is 0 Å². The molecule has 0 radical (unpaired) electrons. The fourth-order valence-electron chi connectivity index (χ4n) is 9.78. The van der Waals surface area contributed by atoms with Crippen LogP contribution in [-0.4, -0.2) is 58.5 Å². The Labute approximate surface area is 237 Å². The molecule has 40 heavy (non-hydrogen) atoms. The van der Waals surface area contributed by atoms with Crippen molar-refractivity contribution in [3.63, 3.8) is 0 Å². The largest absolute Gasteiger partial charge is 0.492 e. The number of ether oxygens (including phenoxy) is 3. The van der Waals surface area contributed by atoms with Crippen molar-refractivity contribution in [3.05, 3.63) is 46.8 Å². The summed E-state index contributed by atoms with van der Waals surface area (Å²) in [4.78, 5) is 15.2. The molecule has 7 aliphatic rings. The van der Waals surface area contributed by atoms with Crippen LogP contribution in [0.1, 0.15) is 84.0 Å². The second-order valence-electron chi connectivity index (χ2n) is 13.5. The average Bonchev–Trinajstić information content (AvgIpc) is 3.67. The summed E-state index contributed by atoms with van der Waals surface area (Å²) in [6.45, 7) is 1.72. The maximum Gasteiger partial charge on any atom is 0.345 e. The molecule has 7 heteroatoms. The van der Waals surface area contributed by atoms with Gasteiger partial charge in [-0.15, -0.1) is 0 Å². The van der Waals surface area contributed by atoms with Crippen LogP contribution < -0.4 is 0 Å². The number of aliphatic hydroxyl groups excluding tert-OH is 1. The van der Waals surface area contributed by atoms with Gasteiger partial charge in [0, 0.05) is 35.9 Å². The van der Waals surface area contributed by atoms with E-state index in [4.69, 9.17) is 14.2 Å². The number of cyclic esters (lactones) is 1. The Morgan fingerprint density at radius 2 is 1.90 bits per heavy atom. The number of carbonyl (C=O) groups excluding carboxylic acids is 1. The molecule has 0 spiro atoms. The number of piperidine rings is 2. The number of allylic oxidation sites excluding steroid dienone is 2. The van der Waals surface area contributed by atoms with Gasteiger partial charge in [0.05, 0.1) is 19.3 Å². The zero-order valence-corrected chi connectivity index (χ0v) is 24.0. The minimum Gasteiger partial charge on any atom is -0.492 e. The molecule has 7 rings (SSSR count). The Morgan fingerprint density at radius 3 is 2.67 bits per heavy atom. The third-order valence-electron chi connectivity index (χ3n) is 11.7. The molecule has 7 nitrogen and oxygen atoms in total. The first-order chi connectivity index (χ1) is 19.4. The zero-order valence-electron chi connectivity index (χ0n) is 24.0. The normalized spacial score (nSPS) is 43.6. The average molecular weight is 552 g/mol. The molecule has 5 aliphatic heterocycles. The van der Waals surface area contributed by atoms with Crippen molar-refractivity contribution < 1.29 is 29.2 Å². The number of esters is 1. The number of fused-ring (bicyclic) bond motifs is 2. The summed E-state index contributed by atoms with van der Waals surface area (Å²) in [5, 5.41) is 22.4. The summed E-state index contributed by atoms with van der Waals surface area (Å²) in [5.41, 5.74) is -0.558. The fraction of sp³-hybridized carbons (Fsp3) is 0.727. The Kier molecular flexibility index (Phi) is 6.91. The third-order valence-corrected chi connectivity index (χ3v) is 11.7. The van der Waals surface area contributed by atoms with Crippen LogP contribution in [-0.2, 0) is 19.0 Å². The number of nitrogens with zero attached hydrogens (tertiary/aromatic N) is 1. The Bertz CT molecular complexity index is 1160. The monoisotopic (exact) mass is 551 g/mol. The topological polar surface area (TPSA) is 88.5 Å². The Morgan fingerprint density at radius 1 is 1.07 bits per heavy atom. The third kappa shape index (κ3) is 4.05. The quantitative estimate of drug-likeness (QED) is 0.371. The van der Waals surface area contributed by atoms with Crippen LogP contribution in [0.25, 0.3) is 0 Å². The second kappa shape index (κ2) is 10.3. The van der Waals surface area contributed by atoms with Crippen LogP contribution >= 0.6 is 0 Å². The van der Waals surface area contributed by atoms with Crippen LogP contribution in [0.15, 0.2) is 46.8 Å². The zero-order chi connectivity index (χ0) is 27.6. The lowest BCUT2D eigenvalue weighted by Gasteiger charge is -2.59.